The molecule has 2 heterocycles. The maximum Gasteiger partial charge on any atom is 0.253 e. The second kappa shape index (κ2) is 9.35. The van der Waals surface area contributed by atoms with Gasteiger partial charge in [-0.05, 0) is 37.2 Å². The molecule has 0 aromatic heterocycles. The molecule has 0 spiro atoms. The van der Waals surface area contributed by atoms with Gasteiger partial charge in [0.1, 0.15) is 0 Å². The summed E-state index contributed by atoms with van der Waals surface area (Å²) in [5, 5.41) is 3.90. The van der Waals surface area contributed by atoms with E-state index < -0.39 is 0 Å². The summed E-state index contributed by atoms with van der Waals surface area (Å²) < 4.78 is 0. The summed E-state index contributed by atoms with van der Waals surface area (Å²) in [6, 6.07) is 7.06. The summed E-state index contributed by atoms with van der Waals surface area (Å²) in [4.78, 5) is 31.1. The number of piperazine rings is 1. The smallest absolute Gasteiger partial charge is 0.253 e. The van der Waals surface area contributed by atoms with Gasteiger partial charge in [-0.3, -0.25) is 9.59 Å². The third-order valence-corrected chi connectivity index (χ3v) is 5.33. The van der Waals surface area contributed by atoms with Crippen LogP contribution < -0.4 is 5.32 Å². The summed E-state index contributed by atoms with van der Waals surface area (Å²) in [6.07, 6.45) is 1.49. The Morgan fingerprint density at radius 1 is 0.923 bits per heavy atom. The monoisotopic (exact) mass is 378 g/mol. The van der Waals surface area contributed by atoms with Gasteiger partial charge < -0.3 is 20.0 Å². The Bertz CT molecular complexity index is 616. The molecule has 1 aromatic carbocycles. The standard InChI is InChI=1S/C19H27ClN4O2/c20-17-4-2-16(3-5-17)19(26)24-10-1-9-22(14-15-24)11-6-18(25)23-12-7-21-8-13-23/h2-5,21H,1,6-15H2. The number of nitrogens with zero attached hydrogens (tertiary/aromatic N) is 3. The minimum absolute atomic E-state index is 0.0559. The highest BCUT2D eigenvalue weighted by Gasteiger charge is 2.22. The highest BCUT2D eigenvalue weighted by atomic mass is 35.5. The first-order chi connectivity index (χ1) is 12.6. The molecule has 1 N–H and O–H groups in total. The minimum atomic E-state index is 0.0559. The van der Waals surface area contributed by atoms with Crippen molar-refractivity contribution in [2.45, 2.75) is 12.8 Å². The van der Waals surface area contributed by atoms with Crippen LogP contribution in [0.1, 0.15) is 23.2 Å². The van der Waals surface area contributed by atoms with Gasteiger partial charge in [-0.1, -0.05) is 11.6 Å². The van der Waals surface area contributed by atoms with E-state index in [1.165, 1.54) is 0 Å². The molecule has 0 bridgehead atoms. The van der Waals surface area contributed by atoms with Crippen LogP contribution in [0.3, 0.4) is 0 Å². The van der Waals surface area contributed by atoms with Crippen molar-refractivity contribution in [1.82, 2.24) is 20.0 Å². The summed E-state index contributed by atoms with van der Waals surface area (Å²) >= 11 is 5.90. The van der Waals surface area contributed by atoms with Crippen LogP contribution in [0.5, 0.6) is 0 Å². The van der Waals surface area contributed by atoms with Gasteiger partial charge in [-0.15, -0.1) is 0 Å². The maximum absolute atomic E-state index is 12.6. The van der Waals surface area contributed by atoms with Crippen molar-refractivity contribution in [1.29, 1.82) is 0 Å². The van der Waals surface area contributed by atoms with Gasteiger partial charge >= 0.3 is 0 Å². The predicted octanol–water partition coefficient (Wildman–Crippen LogP) is 1.31. The number of benzene rings is 1. The molecule has 2 saturated heterocycles. The zero-order chi connectivity index (χ0) is 18.4. The topological polar surface area (TPSA) is 55.9 Å². The van der Waals surface area contributed by atoms with E-state index in [0.29, 0.717) is 23.6 Å². The Labute approximate surface area is 160 Å². The van der Waals surface area contributed by atoms with Crippen molar-refractivity contribution >= 4 is 23.4 Å². The van der Waals surface area contributed by atoms with Gasteiger partial charge in [0.15, 0.2) is 0 Å². The third-order valence-electron chi connectivity index (χ3n) is 5.08. The molecule has 0 saturated carbocycles. The third kappa shape index (κ3) is 5.19. The van der Waals surface area contributed by atoms with Gasteiger partial charge in [0.05, 0.1) is 0 Å². The van der Waals surface area contributed by atoms with Gasteiger partial charge in [-0.2, -0.15) is 0 Å². The second-order valence-electron chi connectivity index (χ2n) is 6.88. The van der Waals surface area contributed by atoms with Crippen molar-refractivity contribution < 1.29 is 9.59 Å². The number of carbonyl (C=O) groups excluding carboxylic acids is 2. The van der Waals surface area contributed by atoms with Gasteiger partial charge in [0, 0.05) is 69.4 Å². The molecule has 2 fully saturated rings. The molecular weight excluding hydrogens is 352 g/mol. The van der Waals surface area contributed by atoms with Crippen LogP contribution >= 0.6 is 11.6 Å². The van der Waals surface area contributed by atoms with Gasteiger partial charge in [0.2, 0.25) is 5.91 Å². The lowest BCUT2D eigenvalue weighted by molar-refractivity contribution is -0.132. The van der Waals surface area contributed by atoms with Crippen LogP contribution in [-0.2, 0) is 4.79 Å². The van der Waals surface area contributed by atoms with Crippen LogP contribution in [0.25, 0.3) is 0 Å². The van der Waals surface area contributed by atoms with Crippen LogP contribution in [0.15, 0.2) is 24.3 Å². The van der Waals surface area contributed by atoms with E-state index >= 15 is 0 Å². The van der Waals surface area contributed by atoms with Crippen molar-refractivity contribution in [2.75, 3.05) is 58.9 Å². The number of hydrogen-bond donors (Lipinski definition) is 1. The molecule has 26 heavy (non-hydrogen) atoms. The number of rotatable bonds is 4. The summed E-state index contributed by atoms with van der Waals surface area (Å²) in [7, 11) is 0. The van der Waals surface area contributed by atoms with E-state index in [1.54, 1.807) is 24.3 Å². The zero-order valence-corrected chi connectivity index (χ0v) is 15.9. The van der Waals surface area contributed by atoms with E-state index in [1.807, 2.05) is 9.80 Å². The van der Waals surface area contributed by atoms with Crippen LogP contribution in [-0.4, -0.2) is 85.4 Å². The average Bonchev–Trinajstić information content (AvgIpc) is 2.92. The molecule has 2 amide bonds. The van der Waals surface area contributed by atoms with Crippen molar-refractivity contribution in [2.24, 2.45) is 0 Å². The first-order valence-electron chi connectivity index (χ1n) is 9.39. The molecule has 2 aliphatic heterocycles. The molecule has 0 aliphatic carbocycles. The summed E-state index contributed by atoms with van der Waals surface area (Å²) in [5.74, 6) is 0.297. The average molecular weight is 379 g/mol. The molecule has 7 heteroatoms. The Kier molecular flexibility index (Phi) is 6.88. The Morgan fingerprint density at radius 2 is 1.65 bits per heavy atom. The highest BCUT2D eigenvalue weighted by Crippen LogP contribution is 2.13. The van der Waals surface area contributed by atoms with Crippen LogP contribution in [0.2, 0.25) is 5.02 Å². The molecule has 0 atom stereocenters. The maximum atomic E-state index is 12.6. The fraction of sp³-hybridized carbons (Fsp3) is 0.579. The summed E-state index contributed by atoms with van der Waals surface area (Å²) in [6.45, 7) is 7.35. The van der Waals surface area contributed by atoms with Gasteiger partial charge in [-0.25, -0.2) is 0 Å². The Hall–Kier alpha value is -1.63. The van der Waals surface area contributed by atoms with E-state index in [-0.39, 0.29) is 11.8 Å². The van der Waals surface area contributed by atoms with Crippen LogP contribution in [0, 0.1) is 0 Å². The van der Waals surface area contributed by atoms with Crippen molar-refractivity contribution in [3.63, 3.8) is 0 Å². The number of halogens is 1. The van der Waals surface area contributed by atoms with E-state index in [4.69, 9.17) is 11.6 Å². The largest absolute Gasteiger partial charge is 0.340 e. The molecule has 0 radical (unpaired) electrons. The first kappa shape index (κ1) is 19.1. The van der Waals surface area contributed by atoms with E-state index in [9.17, 15) is 9.59 Å². The molecule has 1 aromatic rings. The molecule has 0 unspecified atom stereocenters. The lowest BCUT2D eigenvalue weighted by atomic mass is 10.2. The fourth-order valence-electron chi connectivity index (χ4n) is 3.50. The molecule has 142 valence electrons. The Balaban J connectivity index is 1.46. The number of hydrogen-bond acceptors (Lipinski definition) is 4. The quantitative estimate of drug-likeness (QED) is 0.858. The number of carbonyl (C=O) groups is 2. The van der Waals surface area contributed by atoms with Crippen molar-refractivity contribution in [3.8, 4) is 0 Å². The van der Waals surface area contributed by atoms with E-state index in [0.717, 1.165) is 58.8 Å². The SMILES string of the molecule is O=C(CCN1CCCN(C(=O)c2ccc(Cl)cc2)CC1)N1CCNCC1. The normalized spacial score (nSPS) is 19.3. The summed E-state index contributed by atoms with van der Waals surface area (Å²) in [5.41, 5.74) is 0.678. The first-order valence-corrected chi connectivity index (χ1v) is 9.77. The lowest BCUT2D eigenvalue weighted by Gasteiger charge is -2.28. The highest BCUT2D eigenvalue weighted by molar-refractivity contribution is 6.30. The van der Waals surface area contributed by atoms with Gasteiger partial charge in [0.25, 0.3) is 5.91 Å². The predicted molar refractivity (Wildman–Crippen MR) is 102 cm³/mol. The lowest BCUT2D eigenvalue weighted by Crippen LogP contribution is -2.47. The number of amides is 2. The minimum Gasteiger partial charge on any atom is -0.340 e. The molecular formula is C19H27ClN4O2. The van der Waals surface area contributed by atoms with E-state index in [2.05, 4.69) is 10.2 Å². The second-order valence-corrected chi connectivity index (χ2v) is 7.31. The van der Waals surface area contributed by atoms with Crippen LogP contribution in [0.4, 0.5) is 0 Å². The van der Waals surface area contributed by atoms with Crippen molar-refractivity contribution in [3.05, 3.63) is 34.9 Å². The molecule has 6 nitrogen and oxygen atoms in total. The number of nitrogens with one attached hydrogen (secondary N) is 1. The fourth-order valence-corrected chi connectivity index (χ4v) is 3.62. The zero-order valence-electron chi connectivity index (χ0n) is 15.1. The Morgan fingerprint density at radius 3 is 2.38 bits per heavy atom. The molecule has 2 aliphatic rings. The molecule has 3 rings (SSSR count).